The molecule has 0 aliphatic rings. The van der Waals surface area contributed by atoms with Crippen molar-refractivity contribution >= 4 is 23.2 Å². The molecule has 0 radical (unpaired) electrons. The molecule has 23 heavy (non-hydrogen) atoms. The molecule has 0 saturated heterocycles. The van der Waals surface area contributed by atoms with Crippen LogP contribution >= 0.6 is 11.6 Å². The van der Waals surface area contributed by atoms with Crippen LogP contribution in [-0.4, -0.2) is 19.0 Å². The summed E-state index contributed by atoms with van der Waals surface area (Å²) in [5.41, 5.74) is 2.85. The van der Waals surface area contributed by atoms with Gasteiger partial charge in [-0.1, -0.05) is 35.9 Å². The largest absolute Gasteiger partial charge is 0.324 e. The van der Waals surface area contributed by atoms with Crippen LogP contribution in [-0.2, 0) is 11.3 Å². The first-order valence-electron chi connectivity index (χ1n) is 7.51. The third-order valence-electron chi connectivity index (χ3n) is 4.05. The van der Waals surface area contributed by atoms with Gasteiger partial charge >= 0.3 is 0 Å². The van der Waals surface area contributed by atoms with Gasteiger partial charge in [-0.2, -0.15) is 0 Å². The highest BCUT2D eigenvalue weighted by atomic mass is 35.5. The summed E-state index contributed by atoms with van der Waals surface area (Å²) in [6, 6.07) is 11.8. The maximum absolute atomic E-state index is 13.1. The number of hydrogen-bond acceptors (Lipinski definition) is 1. The molecule has 2 atom stereocenters. The van der Waals surface area contributed by atoms with Gasteiger partial charge in [-0.15, -0.1) is 0 Å². The lowest BCUT2D eigenvalue weighted by Crippen LogP contribution is -3.12. The molecule has 1 amide bonds. The van der Waals surface area contributed by atoms with Crippen LogP contribution < -0.4 is 10.2 Å². The highest BCUT2D eigenvalue weighted by molar-refractivity contribution is 6.33. The van der Waals surface area contributed by atoms with Gasteiger partial charge in [-0.25, -0.2) is 4.39 Å². The summed E-state index contributed by atoms with van der Waals surface area (Å²) >= 11 is 5.95. The van der Waals surface area contributed by atoms with Crippen LogP contribution in [0.15, 0.2) is 42.5 Å². The van der Waals surface area contributed by atoms with Crippen LogP contribution in [0.3, 0.4) is 0 Å². The number of halogens is 2. The Balaban J connectivity index is 2.02. The van der Waals surface area contributed by atoms with Crippen LogP contribution in [0.2, 0.25) is 5.02 Å². The number of hydrogen-bond donors (Lipinski definition) is 2. The molecule has 1 unspecified atom stereocenters. The zero-order chi connectivity index (χ0) is 17.0. The van der Waals surface area contributed by atoms with Crippen molar-refractivity contribution < 1.29 is 14.1 Å². The normalized spacial score (nSPS) is 13.4. The van der Waals surface area contributed by atoms with Crippen molar-refractivity contribution in [3.63, 3.8) is 0 Å². The molecule has 0 heterocycles. The predicted molar refractivity (Wildman–Crippen MR) is 91.3 cm³/mol. The van der Waals surface area contributed by atoms with E-state index in [-0.39, 0.29) is 17.0 Å². The number of benzene rings is 2. The summed E-state index contributed by atoms with van der Waals surface area (Å²) in [5.74, 6) is -0.576. The average Bonchev–Trinajstić information content (AvgIpc) is 2.51. The fourth-order valence-corrected chi connectivity index (χ4v) is 2.53. The summed E-state index contributed by atoms with van der Waals surface area (Å²) < 4.78 is 13.1. The third kappa shape index (κ3) is 4.53. The molecule has 2 N–H and O–H groups in total. The van der Waals surface area contributed by atoms with Crippen LogP contribution in [0.5, 0.6) is 0 Å². The van der Waals surface area contributed by atoms with Crippen molar-refractivity contribution in [1.29, 1.82) is 0 Å². The van der Waals surface area contributed by atoms with Gasteiger partial charge in [-0.05, 0) is 37.6 Å². The number of aryl methyl sites for hydroxylation is 1. The average molecular weight is 336 g/mol. The minimum atomic E-state index is -0.427. The molecule has 2 rings (SSSR count). The molecule has 3 nitrogen and oxygen atoms in total. The van der Waals surface area contributed by atoms with Gasteiger partial charge in [-0.3, -0.25) is 4.79 Å². The molecule has 0 bridgehead atoms. The van der Waals surface area contributed by atoms with E-state index in [0.717, 1.165) is 11.4 Å². The summed E-state index contributed by atoms with van der Waals surface area (Å²) in [4.78, 5) is 13.4. The van der Waals surface area contributed by atoms with Crippen molar-refractivity contribution in [2.45, 2.75) is 26.4 Å². The summed E-state index contributed by atoms with van der Waals surface area (Å²) in [7, 11) is 1.98. The van der Waals surface area contributed by atoms with Gasteiger partial charge in [0.15, 0.2) is 6.04 Å². The fourth-order valence-electron chi connectivity index (χ4n) is 2.32. The summed E-state index contributed by atoms with van der Waals surface area (Å²) in [5, 5.41) is 2.96. The standard InChI is InChI=1S/C18H20ClFN2O/c1-12-6-4-5-7-14(12)11-22(3)13(2)18(23)21-17-9-8-15(20)10-16(17)19/h4-10,13H,11H2,1-3H3,(H,21,23)/p+1/t13-/m0/s1. The first-order valence-corrected chi connectivity index (χ1v) is 7.89. The molecule has 0 fully saturated rings. The monoisotopic (exact) mass is 335 g/mol. The van der Waals surface area contributed by atoms with Crippen LogP contribution in [0.4, 0.5) is 10.1 Å². The minimum absolute atomic E-state index is 0.149. The Hall–Kier alpha value is -1.91. The third-order valence-corrected chi connectivity index (χ3v) is 4.36. The fraction of sp³-hybridized carbons (Fsp3) is 0.278. The zero-order valence-corrected chi connectivity index (χ0v) is 14.2. The maximum Gasteiger partial charge on any atom is 0.282 e. The van der Waals surface area contributed by atoms with E-state index in [2.05, 4.69) is 24.4 Å². The molecule has 122 valence electrons. The molecule has 0 aromatic heterocycles. The Morgan fingerprint density at radius 1 is 1.30 bits per heavy atom. The molecule has 0 spiro atoms. The number of quaternary nitrogens is 1. The lowest BCUT2D eigenvalue weighted by molar-refractivity contribution is -0.907. The van der Waals surface area contributed by atoms with E-state index < -0.39 is 5.82 Å². The maximum atomic E-state index is 13.1. The van der Waals surface area contributed by atoms with Crippen LogP contribution in [0.25, 0.3) is 0 Å². The molecular formula is C18H21ClFN2O+. The number of nitrogens with one attached hydrogen (secondary N) is 2. The highest BCUT2D eigenvalue weighted by Crippen LogP contribution is 2.22. The highest BCUT2D eigenvalue weighted by Gasteiger charge is 2.23. The first-order chi connectivity index (χ1) is 10.9. The molecule has 2 aromatic rings. The van der Waals surface area contributed by atoms with Gasteiger partial charge in [0.2, 0.25) is 0 Å². The lowest BCUT2D eigenvalue weighted by atomic mass is 10.1. The van der Waals surface area contributed by atoms with Crippen molar-refractivity contribution in [1.82, 2.24) is 0 Å². The van der Waals surface area contributed by atoms with E-state index in [1.165, 1.54) is 29.3 Å². The van der Waals surface area contributed by atoms with E-state index in [0.29, 0.717) is 5.69 Å². The van der Waals surface area contributed by atoms with E-state index in [1.54, 1.807) is 0 Å². The molecule has 5 heteroatoms. The zero-order valence-electron chi connectivity index (χ0n) is 13.5. The van der Waals surface area contributed by atoms with Crippen molar-refractivity contribution in [3.8, 4) is 0 Å². The second kappa shape index (κ2) is 7.57. The Labute approximate surface area is 141 Å². The Morgan fingerprint density at radius 3 is 2.65 bits per heavy atom. The number of anilines is 1. The van der Waals surface area contributed by atoms with Gasteiger partial charge < -0.3 is 10.2 Å². The van der Waals surface area contributed by atoms with Crippen molar-refractivity contribution in [3.05, 3.63) is 64.4 Å². The molecule has 0 saturated carbocycles. The molecule has 2 aromatic carbocycles. The van der Waals surface area contributed by atoms with Crippen LogP contribution in [0, 0.1) is 12.7 Å². The summed E-state index contributed by atoms with van der Waals surface area (Å²) in [6.07, 6.45) is 0. The predicted octanol–water partition coefficient (Wildman–Crippen LogP) is 2.83. The number of likely N-dealkylation sites (N-methyl/N-ethyl adjacent to an activating group) is 1. The van der Waals surface area contributed by atoms with Gasteiger partial charge in [0.25, 0.3) is 5.91 Å². The lowest BCUT2D eigenvalue weighted by Gasteiger charge is -2.22. The van der Waals surface area contributed by atoms with Gasteiger partial charge in [0.05, 0.1) is 17.8 Å². The number of carbonyl (C=O) groups excluding carboxylic acids is 1. The number of carbonyl (C=O) groups is 1. The van der Waals surface area contributed by atoms with E-state index in [1.807, 2.05) is 26.1 Å². The Morgan fingerprint density at radius 2 is 2.00 bits per heavy atom. The SMILES string of the molecule is Cc1ccccc1C[NH+](C)[C@@H](C)C(=O)Nc1ccc(F)cc1Cl. The topological polar surface area (TPSA) is 33.5 Å². The van der Waals surface area contributed by atoms with E-state index in [4.69, 9.17) is 11.6 Å². The van der Waals surface area contributed by atoms with Gasteiger partial charge in [0.1, 0.15) is 12.4 Å². The van der Waals surface area contributed by atoms with Crippen molar-refractivity contribution in [2.24, 2.45) is 0 Å². The number of amides is 1. The first kappa shape index (κ1) is 17.4. The molecular weight excluding hydrogens is 315 g/mol. The van der Waals surface area contributed by atoms with Crippen molar-refractivity contribution in [2.75, 3.05) is 12.4 Å². The van der Waals surface area contributed by atoms with E-state index in [9.17, 15) is 9.18 Å². The number of rotatable bonds is 5. The smallest absolute Gasteiger partial charge is 0.282 e. The Bertz CT molecular complexity index is 705. The summed E-state index contributed by atoms with van der Waals surface area (Å²) in [6.45, 7) is 4.67. The minimum Gasteiger partial charge on any atom is -0.324 e. The van der Waals surface area contributed by atoms with Crippen LogP contribution in [0.1, 0.15) is 18.1 Å². The second-order valence-corrected chi connectivity index (χ2v) is 6.19. The van der Waals surface area contributed by atoms with Gasteiger partial charge in [0, 0.05) is 5.56 Å². The molecule has 0 aliphatic carbocycles. The quantitative estimate of drug-likeness (QED) is 0.865. The Kier molecular flexibility index (Phi) is 5.74. The van der Waals surface area contributed by atoms with E-state index >= 15 is 0 Å². The second-order valence-electron chi connectivity index (χ2n) is 5.78. The molecule has 0 aliphatic heterocycles.